The molecule has 3 amide bonds. The number of benzene rings is 3. The Kier molecular flexibility index (Phi) is 7.62. The van der Waals surface area contributed by atoms with Crippen LogP contribution in [0.4, 0.5) is 15.8 Å². The largest absolute Gasteiger partial charge is 0.480 e. The molecule has 0 spiro atoms. The van der Waals surface area contributed by atoms with E-state index in [1.165, 1.54) is 41.3 Å². The highest BCUT2D eigenvalue weighted by molar-refractivity contribution is 6.17. The SMILES string of the molecule is CCCC1C(=O)Nc2cc(C(=O)NC(Cc3ccccc3)C(=O)O)ccc2N1C(=O)c1cccc(F)c1. The maximum Gasteiger partial charge on any atom is 0.326 e. The lowest BCUT2D eigenvalue weighted by molar-refractivity contribution is -0.139. The van der Waals surface area contributed by atoms with E-state index in [4.69, 9.17) is 0 Å². The summed E-state index contributed by atoms with van der Waals surface area (Å²) in [6.45, 7) is 1.88. The summed E-state index contributed by atoms with van der Waals surface area (Å²) in [4.78, 5) is 52.4. The molecule has 0 radical (unpaired) electrons. The number of carboxylic acid groups (broad SMARTS) is 1. The van der Waals surface area contributed by atoms with Crippen molar-refractivity contribution in [2.75, 3.05) is 10.2 Å². The van der Waals surface area contributed by atoms with Crippen LogP contribution >= 0.6 is 0 Å². The number of anilines is 2. The maximum atomic E-state index is 13.8. The zero-order valence-electron chi connectivity index (χ0n) is 20.1. The predicted molar refractivity (Wildman–Crippen MR) is 136 cm³/mol. The van der Waals surface area contributed by atoms with Gasteiger partial charge in [-0.05, 0) is 48.4 Å². The van der Waals surface area contributed by atoms with Crippen molar-refractivity contribution >= 4 is 35.1 Å². The molecule has 1 aliphatic rings. The fourth-order valence-electron chi connectivity index (χ4n) is 4.33. The van der Waals surface area contributed by atoms with Crippen molar-refractivity contribution in [2.24, 2.45) is 0 Å². The second-order valence-corrected chi connectivity index (χ2v) is 8.77. The number of amides is 3. The molecule has 9 heteroatoms. The fraction of sp³-hybridized carbons (Fsp3) is 0.214. The van der Waals surface area contributed by atoms with E-state index in [0.29, 0.717) is 18.5 Å². The molecule has 37 heavy (non-hydrogen) atoms. The standard InChI is InChI=1S/C28H26FN3O5/c1-2-7-24-26(34)30-21-16-18(25(33)31-22(28(36)37)14-17-8-4-3-5-9-17)12-13-23(21)32(24)27(35)19-10-6-11-20(29)15-19/h3-6,8-13,15-16,22,24H,2,7,14H2,1H3,(H,30,34)(H,31,33)(H,36,37). The molecule has 2 atom stereocenters. The molecule has 4 rings (SSSR count). The second kappa shape index (κ2) is 11.0. The van der Waals surface area contributed by atoms with Crippen molar-refractivity contribution < 1.29 is 28.7 Å². The van der Waals surface area contributed by atoms with E-state index in [9.17, 15) is 28.7 Å². The molecule has 1 heterocycles. The van der Waals surface area contributed by atoms with E-state index in [-0.39, 0.29) is 23.2 Å². The zero-order chi connectivity index (χ0) is 26.5. The molecular weight excluding hydrogens is 477 g/mol. The van der Waals surface area contributed by atoms with Gasteiger partial charge < -0.3 is 15.7 Å². The van der Waals surface area contributed by atoms with Crippen molar-refractivity contribution in [3.8, 4) is 0 Å². The number of aliphatic carboxylic acids is 1. The van der Waals surface area contributed by atoms with Gasteiger partial charge in [0.1, 0.15) is 17.9 Å². The molecule has 0 bridgehead atoms. The van der Waals surface area contributed by atoms with E-state index in [1.807, 2.05) is 13.0 Å². The monoisotopic (exact) mass is 503 g/mol. The normalized spacial score (nSPS) is 15.4. The average Bonchev–Trinajstić information content (AvgIpc) is 2.88. The molecule has 2 unspecified atom stereocenters. The Balaban J connectivity index is 1.63. The fourth-order valence-corrected chi connectivity index (χ4v) is 4.33. The molecule has 8 nitrogen and oxygen atoms in total. The van der Waals surface area contributed by atoms with Gasteiger partial charge in [0.25, 0.3) is 11.8 Å². The summed E-state index contributed by atoms with van der Waals surface area (Å²) < 4.78 is 13.8. The van der Waals surface area contributed by atoms with Crippen LogP contribution in [0.2, 0.25) is 0 Å². The number of nitrogens with one attached hydrogen (secondary N) is 2. The van der Waals surface area contributed by atoms with Crippen LogP contribution in [-0.2, 0) is 16.0 Å². The summed E-state index contributed by atoms with van der Waals surface area (Å²) >= 11 is 0. The third-order valence-electron chi connectivity index (χ3n) is 6.13. The van der Waals surface area contributed by atoms with Crippen molar-refractivity contribution in [3.63, 3.8) is 0 Å². The minimum atomic E-state index is -1.18. The van der Waals surface area contributed by atoms with E-state index < -0.39 is 41.6 Å². The van der Waals surface area contributed by atoms with Gasteiger partial charge in [-0.15, -0.1) is 0 Å². The van der Waals surface area contributed by atoms with Gasteiger partial charge in [-0.3, -0.25) is 19.3 Å². The number of fused-ring (bicyclic) bond motifs is 1. The van der Waals surface area contributed by atoms with E-state index in [1.54, 1.807) is 24.3 Å². The van der Waals surface area contributed by atoms with Gasteiger partial charge >= 0.3 is 5.97 Å². The number of hydrogen-bond acceptors (Lipinski definition) is 4. The van der Waals surface area contributed by atoms with E-state index in [2.05, 4.69) is 10.6 Å². The summed E-state index contributed by atoms with van der Waals surface area (Å²) in [5.74, 6) is -3.36. The highest BCUT2D eigenvalue weighted by atomic mass is 19.1. The molecule has 0 aromatic heterocycles. The third-order valence-corrected chi connectivity index (χ3v) is 6.13. The summed E-state index contributed by atoms with van der Waals surface area (Å²) in [7, 11) is 0. The van der Waals surface area contributed by atoms with Gasteiger partial charge in [0.2, 0.25) is 5.91 Å². The Labute approximate surface area is 213 Å². The highest BCUT2D eigenvalue weighted by Gasteiger charge is 2.37. The molecule has 3 aromatic carbocycles. The maximum absolute atomic E-state index is 13.8. The van der Waals surface area contributed by atoms with Gasteiger partial charge in [-0.25, -0.2) is 9.18 Å². The Morgan fingerprint density at radius 2 is 1.78 bits per heavy atom. The van der Waals surface area contributed by atoms with Crippen molar-refractivity contribution in [2.45, 2.75) is 38.3 Å². The summed E-state index contributed by atoms with van der Waals surface area (Å²) in [6, 6.07) is 16.6. The Bertz CT molecular complexity index is 1340. The quantitative estimate of drug-likeness (QED) is 0.430. The smallest absolute Gasteiger partial charge is 0.326 e. The van der Waals surface area contributed by atoms with Crippen LogP contribution in [0.3, 0.4) is 0 Å². The van der Waals surface area contributed by atoms with E-state index >= 15 is 0 Å². The van der Waals surface area contributed by atoms with Gasteiger partial charge in [0, 0.05) is 17.5 Å². The van der Waals surface area contributed by atoms with Gasteiger partial charge in [0.05, 0.1) is 11.4 Å². The minimum absolute atomic E-state index is 0.0915. The molecule has 1 aliphatic heterocycles. The molecule has 0 saturated heterocycles. The molecule has 190 valence electrons. The Morgan fingerprint density at radius 1 is 1.03 bits per heavy atom. The number of nitrogens with zero attached hydrogens (tertiary/aromatic N) is 1. The van der Waals surface area contributed by atoms with Crippen LogP contribution < -0.4 is 15.5 Å². The summed E-state index contributed by atoms with van der Waals surface area (Å²) in [5, 5.41) is 14.9. The lowest BCUT2D eigenvalue weighted by atomic mass is 10.00. The summed E-state index contributed by atoms with van der Waals surface area (Å²) in [6.07, 6.45) is 1.10. The summed E-state index contributed by atoms with van der Waals surface area (Å²) in [5.41, 5.74) is 1.55. The number of carbonyl (C=O) groups is 4. The molecule has 3 aromatic rings. The van der Waals surface area contributed by atoms with Crippen LogP contribution in [0, 0.1) is 5.82 Å². The first kappa shape index (κ1) is 25.6. The topological polar surface area (TPSA) is 116 Å². The Morgan fingerprint density at radius 3 is 2.46 bits per heavy atom. The van der Waals surface area contributed by atoms with Crippen molar-refractivity contribution in [1.82, 2.24) is 5.32 Å². The number of rotatable bonds is 8. The van der Waals surface area contributed by atoms with Gasteiger partial charge in [-0.1, -0.05) is 49.7 Å². The number of carbonyl (C=O) groups excluding carboxylic acids is 3. The first-order valence-electron chi connectivity index (χ1n) is 11.9. The first-order valence-corrected chi connectivity index (χ1v) is 11.9. The Hall–Kier alpha value is -4.53. The average molecular weight is 504 g/mol. The molecule has 0 fully saturated rings. The van der Waals surface area contributed by atoms with Crippen LogP contribution in [0.15, 0.2) is 72.8 Å². The zero-order valence-corrected chi connectivity index (χ0v) is 20.1. The van der Waals surface area contributed by atoms with Crippen LogP contribution in [0.5, 0.6) is 0 Å². The third kappa shape index (κ3) is 5.66. The van der Waals surface area contributed by atoms with Crippen LogP contribution in [0.25, 0.3) is 0 Å². The van der Waals surface area contributed by atoms with Crippen LogP contribution in [0.1, 0.15) is 46.0 Å². The van der Waals surface area contributed by atoms with Crippen molar-refractivity contribution in [3.05, 3.63) is 95.3 Å². The van der Waals surface area contributed by atoms with Gasteiger partial charge in [-0.2, -0.15) is 0 Å². The van der Waals surface area contributed by atoms with Crippen LogP contribution in [-0.4, -0.2) is 40.9 Å². The van der Waals surface area contributed by atoms with Gasteiger partial charge in [0.15, 0.2) is 0 Å². The number of halogens is 1. The number of carboxylic acids is 1. The predicted octanol–water partition coefficient (Wildman–Crippen LogP) is 4.02. The van der Waals surface area contributed by atoms with Crippen molar-refractivity contribution in [1.29, 1.82) is 0 Å². The lowest BCUT2D eigenvalue weighted by Gasteiger charge is -2.36. The molecule has 3 N–H and O–H groups in total. The minimum Gasteiger partial charge on any atom is -0.480 e. The highest BCUT2D eigenvalue weighted by Crippen LogP contribution is 2.35. The molecule has 0 aliphatic carbocycles. The lowest BCUT2D eigenvalue weighted by Crippen LogP contribution is -2.51. The molecular formula is C28H26FN3O5. The first-order chi connectivity index (χ1) is 17.8. The van der Waals surface area contributed by atoms with E-state index in [0.717, 1.165) is 11.6 Å². The molecule has 0 saturated carbocycles. The second-order valence-electron chi connectivity index (χ2n) is 8.77. The number of hydrogen-bond donors (Lipinski definition) is 3.